The second-order valence-electron chi connectivity index (χ2n) is 5.09. The Hall–Kier alpha value is -1.55. The van der Waals surface area contributed by atoms with E-state index in [0.717, 1.165) is 18.5 Å². The van der Waals surface area contributed by atoms with Crippen molar-refractivity contribution in [3.63, 3.8) is 0 Å². The number of benzene rings is 1. The van der Waals surface area contributed by atoms with E-state index in [0.29, 0.717) is 11.7 Å². The number of hydrogen-bond acceptors (Lipinski definition) is 3. The van der Waals surface area contributed by atoms with Crippen LogP contribution in [0.25, 0.3) is 0 Å². The number of nitrogens with two attached hydrogens (primary N) is 1. The van der Waals surface area contributed by atoms with Crippen LogP contribution in [0.5, 0.6) is 5.75 Å². The van der Waals surface area contributed by atoms with Crippen molar-refractivity contribution in [1.82, 2.24) is 5.32 Å². The van der Waals surface area contributed by atoms with Crippen LogP contribution in [-0.4, -0.2) is 19.1 Å². The van der Waals surface area contributed by atoms with Gasteiger partial charge in [0, 0.05) is 18.2 Å². The standard InChI is InChI=1S/C15H22N2O2/c1-2-13(16)12-5-3-4-6-14(12)19-10-15(18)17-9-11-7-8-11/h3-6,11,13H,2,7-10,16H2,1H3,(H,17,18)/t13-/m1/s1. The van der Waals surface area contributed by atoms with Gasteiger partial charge < -0.3 is 15.8 Å². The van der Waals surface area contributed by atoms with Gasteiger partial charge >= 0.3 is 0 Å². The third kappa shape index (κ3) is 4.24. The predicted molar refractivity (Wildman–Crippen MR) is 74.9 cm³/mol. The maximum absolute atomic E-state index is 11.6. The van der Waals surface area contributed by atoms with E-state index in [2.05, 4.69) is 5.32 Å². The normalized spacial score (nSPS) is 15.9. The molecule has 1 aromatic carbocycles. The van der Waals surface area contributed by atoms with Crippen LogP contribution >= 0.6 is 0 Å². The molecule has 0 spiro atoms. The summed E-state index contributed by atoms with van der Waals surface area (Å²) in [6.45, 7) is 2.86. The fraction of sp³-hybridized carbons (Fsp3) is 0.533. The fourth-order valence-electron chi connectivity index (χ4n) is 1.91. The molecule has 3 N–H and O–H groups in total. The van der Waals surface area contributed by atoms with Crippen LogP contribution in [0.15, 0.2) is 24.3 Å². The van der Waals surface area contributed by atoms with E-state index in [4.69, 9.17) is 10.5 Å². The summed E-state index contributed by atoms with van der Waals surface area (Å²) < 4.78 is 5.58. The number of para-hydroxylation sites is 1. The van der Waals surface area contributed by atoms with Gasteiger partial charge in [-0.3, -0.25) is 4.79 Å². The van der Waals surface area contributed by atoms with Crippen molar-refractivity contribution >= 4 is 5.91 Å². The average Bonchev–Trinajstić information content (AvgIpc) is 3.26. The lowest BCUT2D eigenvalue weighted by Gasteiger charge is -2.15. The molecule has 4 heteroatoms. The summed E-state index contributed by atoms with van der Waals surface area (Å²) >= 11 is 0. The maximum Gasteiger partial charge on any atom is 0.257 e. The monoisotopic (exact) mass is 262 g/mol. The molecule has 4 nitrogen and oxygen atoms in total. The third-order valence-electron chi connectivity index (χ3n) is 3.40. The topological polar surface area (TPSA) is 64.3 Å². The first kappa shape index (κ1) is 13.9. The number of nitrogens with one attached hydrogen (secondary N) is 1. The van der Waals surface area contributed by atoms with Crippen LogP contribution in [0.4, 0.5) is 0 Å². The molecule has 2 rings (SSSR count). The molecule has 0 saturated heterocycles. The molecule has 0 heterocycles. The number of amides is 1. The smallest absolute Gasteiger partial charge is 0.257 e. The lowest BCUT2D eigenvalue weighted by molar-refractivity contribution is -0.123. The van der Waals surface area contributed by atoms with E-state index in [1.165, 1.54) is 12.8 Å². The maximum atomic E-state index is 11.6. The lowest BCUT2D eigenvalue weighted by Crippen LogP contribution is -2.30. The molecule has 0 aromatic heterocycles. The second-order valence-corrected chi connectivity index (χ2v) is 5.09. The molecule has 1 aliphatic rings. The lowest BCUT2D eigenvalue weighted by atomic mass is 10.0. The highest BCUT2D eigenvalue weighted by molar-refractivity contribution is 5.77. The molecule has 0 radical (unpaired) electrons. The molecule has 1 amide bonds. The van der Waals surface area contributed by atoms with Gasteiger partial charge in [0.15, 0.2) is 6.61 Å². The van der Waals surface area contributed by atoms with Crippen LogP contribution in [0.1, 0.15) is 37.8 Å². The van der Waals surface area contributed by atoms with Gasteiger partial charge in [0.05, 0.1) is 0 Å². The summed E-state index contributed by atoms with van der Waals surface area (Å²) in [4.78, 5) is 11.6. The highest BCUT2D eigenvalue weighted by atomic mass is 16.5. The highest BCUT2D eigenvalue weighted by Crippen LogP contribution is 2.27. The SMILES string of the molecule is CC[C@@H](N)c1ccccc1OCC(=O)NCC1CC1. The van der Waals surface area contributed by atoms with Gasteiger partial charge in [-0.2, -0.15) is 0 Å². The Kier molecular flexibility index (Phi) is 4.80. The summed E-state index contributed by atoms with van der Waals surface area (Å²) in [7, 11) is 0. The largest absolute Gasteiger partial charge is 0.483 e. The van der Waals surface area contributed by atoms with Crippen molar-refractivity contribution in [3.05, 3.63) is 29.8 Å². The average molecular weight is 262 g/mol. The Balaban J connectivity index is 1.85. The minimum Gasteiger partial charge on any atom is -0.483 e. The van der Waals surface area contributed by atoms with E-state index in [9.17, 15) is 4.79 Å². The number of carbonyl (C=O) groups excluding carboxylic acids is 1. The molecular weight excluding hydrogens is 240 g/mol. The van der Waals surface area contributed by atoms with Crippen LogP contribution in [0.3, 0.4) is 0 Å². The van der Waals surface area contributed by atoms with Crippen molar-refractivity contribution in [2.45, 2.75) is 32.2 Å². The number of ether oxygens (including phenoxy) is 1. The molecule has 1 fully saturated rings. The van der Waals surface area contributed by atoms with Crippen LogP contribution in [0.2, 0.25) is 0 Å². The van der Waals surface area contributed by atoms with Crippen molar-refractivity contribution in [2.75, 3.05) is 13.2 Å². The van der Waals surface area contributed by atoms with Gasteiger partial charge in [-0.1, -0.05) is 25.1 Å². The second kappa shape index (κ2) is 6.57. The first-order chi connectivity index (χ1) is 9.20. The summed E-state index contributed by atoms with van der Waals surface area (Å²) in [6, 6.07) is 7.59. The van der Waals surface area contributed by atoms with E-state index in [1.807, 2.05) is 31.2 Å². The molecule has 1 atom stereocenters. The van der Waals surface area contributed by atoms with Crippen LogP contribution < -0.4 is 15.8 Å². The Bertz CT molecular complexity index is 430. The quantitative estimate of drug-likeness (QED) is 0.790. The zero-order valence-corrected chi connectivity index (χ0v) is 11.4. The summed E-state index contributed by atoms with van der Waals surface area (Å²) in [5.74, 6) is 1.33. The third-order valence-corrected chi connectivity index (χ3v) is 3.40. The zero-order valence-electron chi connectivity index (χ0n) is 11.4. The molecule has 1 aromatic rings. The van der Waals surface area contributed by atoms with Gasteiger partial charge in [-0.05, 0) is 31.2 Å². The molecule has 0 aliphatic heterocycles. The Morgan fingerprint density at radius 2 is 2.21 bits per heavy atom. The molecular formula is C15H22N2O2. The van der Waals surface area contributed by atoms with E-state index < -0.39 is 0 Å². The molecule has 19 heavy (non-hydrogen) atoms. The fourth-order valence-corrected chi connectivity index (χ4v) is 1.91. The number of hydrogen-bond donors (Lipinski definition) is 2. The predicted octanol–water partition coefficient (Wildman–Crippen LogP) is 2.00. The van der Waals surface area contributed by atoms with Crippen molar-refractivity contribution in [2.24, 2.45) is 11.7 Å². The van der Waals surface area contributed by atoms with Crippen molar-refractivity contribution in [3.8, 4) is 5.75 Å². The molecule has 1 saturated carbocycles. The summed E-state index contributed by atoms with van der Waals surface area (Å²) in [6.07, 6.45) is 3.30. The van der Waals surface area contributed by atoms with Crippen molar-refractivity contribution < 1.29 is 9.53 Å². The molecule has 104 valence electrons. The van der Waals surface area contributed by atoms with Gasteiger partial charge in [0.2, 0.25) is 0 Å². The molecule has 1 aliphatic carbocycles. The Labute approximate surface area is 114 Å². The Morgan fingerprint density at radius 3 is 2.89 bits per heavy atom. The van der Waals surface area contributed by atoms with E-state index in [-0.39, 0.29) is 18.6 Å². The summed E-state index contributed by atoms with van der Waals surface area (Å²) in [5.41, 5.74) is 6.99. The van der Waals surface area contributed by atoms with Crippen LogP contribution in [-0.2, 0) is 4.79 Å². The highest BCUT2D eigenvalue weighted by Gasteiger charge is 2.21. The number of carbonyl (C=O) groups is 1. The summed E-state index contributed by atoms with van der Waals surface area (Å²) in [5, 5.41) is 2.88. The van der Waals surface area contributed by atoms with Gasteiger partial charge in [0.1, 0.15) is 5.75 Å². The van der Waals surface area contributed by atoms with Crippen molar-refractivity contribution in [1.29, 1.82) is 0 Å². The van der Waals surface area contributed by atoms with Crippen LogP contribution in [0, 0.1) is 5.92 Å². The first-order valence-electron chi connectivity index (χ1n) is 6.94. The zero-order chi connectivity index (χ0) is 13.7. The minimum atomic E-state index is -0.0632. The molecule has 0 bridgehead atoms. The molecule has 0 unspecified atom stereocenters. The number of rotatable bonds is 7. The van der Waals surface area contributed by atoms with Gasteiger partial charge in [0.25, 0.3) is 5.91 Å². The first-order valence-corrected chi connectivity index (χ1v) is 6.94. The minimum absolute atomic E-state index is 0.0503. The van der Waals surface area contributed by atoms with Gasteiger partial charge in [-0.25, -0.2) is 0 Å². The van der Waals surface area contributed by atoms with E-state index >= 15 is 0 Å². The Morgan fingerprint density at radius 1 is 1.47 bits per heavy atom. The van der Waals surface area contributed by atoms with E-state index in [1.54, 1.807) is 0 Å². The van der Waals surface area contributed by atoms with Gasteiger partial charge in [-0.15, -0.1) is 0 Å².